The molecule has 2 aliphatic rings. The smallest absolute Gasteiger partial charge is 0.475 e. The summed E-state index contributed by atoms with van der Waals surface area (Å²) >= 11 is 0. The van der Waals surface area contributed by atoms with Crippen LogP contribution < -0.4 is 4.90 Å². The number of fused-ring (bicyclic) bond motifs is 1. The van der Waals surface area contributed by atoms with Gasteiger partial charge in [0.25, 0.3) is 0 Å². The third-order valence-electron chi connectivity index (χ3n) is 5.91. The molecule has 0 saturated carbocycles. The first-order chi connectivity index (χ1) is 16.7. The molecule has 3 aromatic rings. The van der Waals surface area contributed by atoms with Gasteiger partial charge in [0, 0.05) is 32.1 Å². The van der Waals surface area contributed by atoms with Crippen LogP contribution in [0.2, 0.25) is 0 Å². The maximum atomic E-state index is 13.1. The number of pyridine rings is 1. The van der Waals surface area contributed by atoms with E-state index < -0.39 is 12.1 Å². The van der Waals surface area contributed by atoms with Crippen molar-refractivity contribution < 1.29 is 32.2 Å². The number of morpholine rings is 1. The van der Waals surface area contributed by atoms with Crippen LogP contribution in [0, 0.1) is 5.82 Å². The minimum Gasteiger partial charge on any atom is -0.475 e. The van der Waals surface area contributed by atoms with Gasteiger partial charge >= 0.3 is 12.1 Å². The molecule has 5 rings (SSSR count). The standard InChI is InChI=1S/C21H24FN5O.C2HF3O2/c22-18-3-1-16(2-4-18)13-25-8-7-17(14-25)21-23-20-6-5-19(15-27(20)24-21)26-9-11-28-12-10-26;3-2(4,5)1(6)7/h1-6,15,17H,7-14H2;(H,6,7). The highest BCUT2D eigenvalue weighted by Crippen LogP contribution is 2.27. The molecule has 0 amide bonds. The van der Waals surface area contributed by atoms with Crippen molar-refractivity contribution in [1.82, 2.24) is 19.5 Å². The molecule has 0 aliphatic carbocycles. The molecule has 1 N–H and O–H groups in total. The first kappa shape index (κ1) is 24.9. The Morgan fingerprint density at radius 2 is 1.77 bits per heavy atom. The van der Waals surface area contributed by atoms with Crippen molar-refractivity contribution in [3.05, 3.63) is 59.8 Å². The summed E-state index contributed by atoms with van der Waals surface area (Å²) < 4.78 is 52.2. The van der Waals surface area contributed by atoms with Crippen LogP contribution in [0.1, 0.15) is 23.7 Å². The van der Waals surface area contributed by atoms with Gasteiger partial charge in [0.05, 0.1) is 25.1 Å². The minimum absolute atomic E-state index is 0.187. The number of hydrogen-bond acceptors (Lipinski definition) is 6. The number of aliphatic carboxylic acids is 1. The van der Waals surface area contributed by atoms with Gasteiger partial charge in [-0.3, -0.25) is 4.90 Å². The van der Waals surface area contributed by atoms with E-state index in [1.165, 1.54) is 12.1 Å². The highest BCUT2D eigenvalue weighted by atomic mass is 19.4. The number of rotatable bonds is 4. The summed E-state index contributed by atoms with van der Waals surface area (Å²) in [4.78, 5) is 18.4. The maximum Gasteiger partial charge on any atom is 0.490 e. The molecule has 2 aliphatic heterocycles. The Bertz CT molecular complexity index is 1150. The van der Waals surface area contributed by atoms with Gasteiger partial charge in [-0.1, -0.05) is 12.1 Å². The molecule has 0 radical (unpaired) electrons. The molecule has 188 valence electrons. The van der Waals surface area contributed by atoms with Crippen molar-refractivity contribution in [1.29, 1.82) is 0 Å². The molecule has 1 unspecified atom stereocenters. The molecule has 35 heavy (non-hydrogen) atoms. The van der Waals surface area contributed by atoms with Crippen molar-refractivity contribution >= 4 is 17.3 Å². The topological polar surface area (TPSA) is 83.2 Å². The number of carboxylic acid groups (broad SMARTS) is 1. The molecule has 12 heteroatoms. The van der Waals surface area contributed by atoms with Crippen LogP contribution in [-0.2, 0) is 16.1 Å². The molecule has 2 saturated heterocycles. The number of carbonyl (C=O) groups is 1. The Hall–Kier alpha value is -3.25. The lowest BCUT2D eigenvalue weighted by molar-refractivity contribution is -0.192. The van der Waals surface area contributed by atoms with Crippen molar-refractivity contribution in [2.75, 3.05) is 44.3 Å². The largest absolute Gasteiger partial charge is 0.490 e. The van der Waals surface area contributed by atoms with Gasteiger partial charge in [-0.15, -0.1) is 0 Å². The van der Waals surface area contributed by atoms with E-state index in [9.17, 15) is 17.6 Å². The van der Waals surface area contributed by atoms with E-state index in [0.717, 1.165) is 75.1 Å². The molecule has 1 atom stereocenters. The fourth-order valence-corrected chi connectivity index (χ4v) is 4.11. The van der Waals surface area contributed by atoms with Gasteiger partial charge in [0.1, 0.15) is 5.82 Å². The number of aromatic nitrogens is 3. The van der Waals surface area contributed by atoms with E-state index in [0.29, 0.717) is 5.92 Å². The normalized spacial score (nSPS) is 19.0. The van der Waals surface area contributed by atoms with Crippen molar-refractivity contribution in [2.24, 2.45) is 0 Å². The van der Waals surface area contributed by atoms with Crippen LogP contribution in [0.3, 0.4) is 0 Å². The van der Waals surface area contributed by atoms with Crippen molar-refractivity contribution in [3.63, 3.8) is 0 Å². The van der Waals surface area contributed by atoms with E-state index in [1.807, 2.05) is 22.7 Å². The van der Waals surface area contributed by atoms with Gasteiger partial charge < -0.3 is 14.7 Å². The number of alkyl halides is 3. The summed E-state index contributed by atoms with van der Waals surface area (Å²) in [6, 6.07) is 10.9. The zero-order valence-corrected chi connectivity index (χ0v) is 18.8. The number of benzene rings is 1. The van der Waals surface area contributed by atoms with Gasteiger partial charge in [-0.2, -0.15) is 18.3 Å². The third kappa shape index (κ3) is 6.45. The predicted octanol–water partition coefficient (Wildman–Crippen LogP) is 3.33. The molecule has 2 aromatic heterocycles. The van der Waals surface area contributed by atoms with Gasteiger partial charge in [0.2, 0.25) is 0 Å². The zero-order chi connectivity index (χ0) is 25.0. The Morgan fingerprint density at radius 1 is 1.09 bits per heavy atom. The van der Waals surface area contributed by atoms with E-state index in [1.54, 1.807) is 0 Å². The quantitative estimate of drug-likeness (QED) is 0.556. The molecular weight excluding hydrogens is 470 g/mol. The first-order valence-electron chi connectivity index (χ1n) is 11.1. The third-order valence-corrected chi connectivity index (χ3v) is 5.91. The summed E-state index contributed by atoms with van der Waals surface area (Å²) in [5.41, 5.74) is 3.20. The summed E-state index contributed by atoms with van der Waals surface area (Å²) in [5.74, 6) is -1.69. The lowest BCUT2D eigenvalue weighted by Gasteiger charge is -2.28. The molecule has 1 aromatic carbocycles. The Kier molecular flexibility index (Phi) is 7.51. The van der Waals surface area contributed by atoms with Gasteiger partial charge in [-0.25, -0.2) is 18.7 Å². The maximum absolute atomic E-state index is 13.1. The van der Waals surface area contributed by atoms with Crippen molar-refractivity contribution in [3.8, 4) is 0 Å². The number of carboxylic acids is 1. The molecule has 8 nitrogen and oxygen atoms in total. The molecule has 0 bridgehead atoms. The fraction of sp³-hybridized carbons (Fsp3) is 0.435. The second kappa shape index (κ2) is 10.6. The lowest BCUT2D eigenvalue weighted by Crippen LogP contribution is -2.36. The number of halogens is 4. The summed E-state index contributed by atoms with van der Waals surface area (Å²) in [6.07, 6.45) is -1.96. The van der Waals surface area contributed by atoms with Crippen molar-refractivity contribution in [2.45, 2.75) is 25.1 Å². The van der Waals surface area contributed by atoms with E-state index in [2.05, 4.69) is 22.1 Å². The number of hydrogen-bond donors (Lipinski definition) is 1. The highest BCUT2D eigenvalue weighted by molar-refractivity contribution is 5.73. The lowest BCUT2D eigenvalue weighted by atomic mass is 10.1. The average molecular weight is 495 g/mol. The molecular formula is C23H25F4N5O3. The molecule has 4 heterocycles. The minimum atomic E-state index is -5.08. The fourth-order valence-electron chi connectivity index (χ4n) is 4.11. The second-order valence-corrected chi connectivity index (χ2v) is 8.41. The van der Waals surface area contributed by atoms with Crippen LogP contribution in [0.5, 0.6) is 0 Å². The average Bonchev–Trinajstić information content (AvgIpc) is 3.47. The van der Waals surface area contributed by atoms with Crippen LogP contribution in [0.15, 0.2) is 42.6 Å². The number of anilines is 1. The first-order valence-corrected chi connectivity index (χ1v) is 11.1. The van der Waals surface area contributed by atoms with E-state index >= 15 is 0 Å². The Morgan fingerprint density at radius 3 is 2.43 bits per heavy atom. The number of nitrogens with zero attached hydrogens (tertiary/aromatic N) is 5. The number of likely N-dealkylation sites (tertiary alicyclic amines) is 1. The number of ether oxygens (including phenoxy) is 1. The predicted molar refractivity (Wildman–Crippen MR) is 119 cm³/mol. The van der Waals surface area contributed by atoms with Gasteiger partial charge in [0.15, 0.2) is 11.5 Å². The summed E-state index contributed by atoms with van der Waals surface area (Å²) in [6.45, 7) is 6.15. The Labute approximate surface area is 198 Å². The van der Waals surface area contributed by atoms with Gasteiger partial charge in [-0.05, 0) is 42.8 Å². The summed E-state index contributed by atoms with van der Waals surface area (Å²) in [7, 11) is 0. The zero-order valence-electron chi connectivity index (χ0n) is 18.8. The SMILES string of the molecule is Fc1ccc(CN2CCC(c3nc4ccc(N5CCOCC5)cn4n3)C2)cc1.O=C(O)C(F)(F)F. The van der Waals surface area contributed by atoms with Crippen LogP contribution in [0.25, 0.3) is 5.65 Å². The van der Waals surface area contributed by atoms with E-state index in [4.69, 9.17) is 24.7 Å². The second-order valence-electron chi connectivity index (χ2n) is 8.41. The van der Waals surface area contributed by atoms with Crippen LogP contribution >= 0.6 is 0 Å². The Balaban J connectivity index is 0.000000364. The van der Waals surface area contributed by atoms with Crippen LogP contribution in [0.4, 0.5) is 23.2 Å². The highest BCUT2D eigenvalue weighted by Gasteiger charge is 2.38. The summed E-state index contributed by atoms with van der Waals surface area (Å²) in [5, 5.41) is 11.9. The molecule has 2 fully saturated rings. The monoisotopic (exact) mass is 495 g/mol. The van der Waals surface area contributed by atoms with Crippen LogP contribution in [-0.4, -0.2) is 76.1 Å². The van der Waals surface area contributed by atoms with E-state index in [-0.39, 0.29) is 5.82 Å². The molecule has 0 spiro atoms.